The van der Waals surface area contributed by atoms with Gasteiger partial charge in [0.05, 0.1) is 12.4 Å². The molecule has 2 heterocycles. The molecule has 0 amide bonds. The number of hydrogen-bond acceptors (Lipinski definition) is 5. The molecule has 2 aromatic carbocycles. The van der Waals surface area contributed by atoms with Crippen molar-refractivity contribution >= 4 is 16.0 Å². The highest BCUT2D eigenvalue weighted by Gasteiger charge is 2.39. The van der Waals surface area contributed by atoms with Crippen molar-refractivity contribution in [3.8, 4) is 0 Å². The molecule has 4 rings (SSSR count). The number of aromatic nitrogens is 1. The lowest BCUT2D eigenvalue weighted by Crippen LogP contribution is -2.49. The minimum atomic E-state index is -3.72. The summed E-state index contributed by atoms with van der Waals surface area (Å²) < 4.78 is 33.5. The molecule has 0 radical (unpaired) electrons. The van der Waals surface area contributed by atoms with Crippen LogP contribution < -0.4 is 0 Å². The van der Waals surface area contributed by atoms with E-state index in [-0.39, 0.29) is 18.9 Å². The average Bonchev–Trinajstić information content (AvgIpc) is 2.82. The number of fused-ring (bicyclic) bond motifs is 1. The number of pyridine rings is 1. The predicted octanol–water partition coefficient (Wildman–Crippen LogP) is 3.51. The molecule has 0 saturated heterocycles. The topological polar surface area (TPSA) is 76.6 Å². The largest absolute Gasteiger partial charge is 0.464 e. The Hall–Kier alpha value is -3.03. The Kier molecular flexibility index (Phi) is 6.97. The van der Waals surface area contributed by atoms with Crippen LogP contribution in [0.5, 0.6) is 0 Å². The molecule has 0 saturated carbocycles. The number of rotatable bonds is 8. The highest BCUT2D eigenvalue weighted by atomic mass is 32.2. The number of nitrogens with zero attached hydrogens (tertiary/aromatic N) is 2. The summed E-state index contributed by atoms with van der Waals surface area (Å²) in [5.74, 6) is -0.650. The molecule has 32 heavy (non-hydrogen) atoms. The zero-order valence-electron chi connectivity index (χ0n) is 17.8. The van der Waals surface area contributed by atoms with Crippen molar-refractivity contribution in [1.82, 2.24) is 9.29 Å². The molecule has 1 aliphatic rings. The van der Waals surface area contributed by atoms with E-state index in [2.05, 4.69) is 4.98 Å². The molecule has 0 N–H and O–H groups in total. The van der Waals surface area contributed by atoms with Gasteiger partial charge in [0.25, 0.3) is 0 Å². The summed E-state index contributed by atoms with van der Waals surface area (Å²) in [4.78, 5) is 17.1. The van der Waals surface area contributed by atoms with Crippen LogP contribution in [0.15, 0.2) is 79.1 Å². The fourth-order valence-corrected chi connectivity index (χ4v) is 5.61. The Labute approximate surface area is 188 Å². The van der Waals surface area contributed by atoms with Crippen molar-refractivity contribution in [3.63, 3.8) is 0 Å². The van der Waals surface area contributed by atoms with Gasteiger partial charge in [-0.2, -0.15) is 4.31 Å². The molecule has 0 fully saturated rings. The molecular weight excluding hydrogens is 424 g/mol. The first kappa shape index (κ1) is 22.2. The molecule has 0 spiro atoms. The van der Waals surface area contributed by atoms with Crippen LogP contribution in [0.25, 0.3) is 0 Å². The maximum Gasteiger partial charge on any atom is 0.324 e. The number of hydrogen-bond donors (Lipinski definition) is 0. The van der Waals surface area contributed by atoms with Gasteiger partial charge in [-0.3, -0.25) is 9.78 Å². The van der Waals surface area contributed by atoms with Gasteiger partial charge in [0.15, 0.2) is 0 Å². The fraction of sp³-hybridized carbons (Fsp3) is 0.280. The third-order valence-electron chi connectivity index (χ3n) is 5.60. The van der Waals surface area contributed by atoms with Gasteiger partial charge < -0.3 is 4.74 Å². The standard InChI is InChI=1S/C25H26N2O4S/c28-25(31-15-7-11-20-10-6-14-26-17-20)24-16-22-12-4-5-13-23(22)18-27(24)32(29,30)19-21-8-2-1-3-9-21/h1-6,8-10,12-14,17,24H,7,11,15-16,18-19H2. The second-order valence-corrected chi connectivity index (χ2v) is 9.83. The maximum absolute atomic E-state index is 13.3. The number of carbonyl (C=O) groups excluding carboxylic acids is 1. The number of ether oxygens (including phenoxy) is 1. The summed E-state index contributed by atoms with van der Waals surface area (Å²) in [6.07, 6.45) is 5.21. The molecule has 1 atom stereocenters. The summed E-state index contributed by atoms with van der Waals surface area (Å²) in [5, 5.41) is 0. The second kappa shape index (κ2) is 10.1. The van der Waals surface area contributed by atoms with E-state index >= 15 is 0 Å². The molecule has 1 unspecified atom stereocenters. The molecule has 6 nitrogen and oxygen atoms in total. The molecule has 1 aliphatic heterocycles. The van der Waals surface area contributed by atoms with Crippen molar-refractivity contribution in [2.24, 2.45) is 0 Å². The zero-order chi connectivity index (χ0) is 22.4. The quantitative estimate of drug-likeness (QED) is 0.388. The first-order chi connectivity index (χ1) is 15.5. The van der Waals surface area contributed by atoms with Gasteiger partial charge in [-0.05, 0) is 41.2 Å². The third kappa shape index (κ3) is 5.41. The van der Waals surface area contributed by atoms with Crippen LogP contribution in [0.3, 0.4) is 0 Å². The first-order valence-corrected chi connectivity index (χ1v) is 12.3. The van der Waals surface area contributed by atoms with Crippen LogP contribution in [0, 0.1) is 0 Å². The maximum atomic E-state index is 13.3. The van der Waals surface area contributed by atoms with Crippen molar-refractivity contribution in [2.45, 2.75) is 37.6 Å². The Morgan fingerprint density at radius 1 is 0.969 bits per heavy atom. The van der Waals surface area contributed by atoms with Crippen molar-refractivity contribution in [2.75, 3.05) is 6.61 Å². The van der Waals surface area contributed by atoms with Gasteiger partial charge in [0.1, 0.15) is 6.04 Å². The minimum Gasteiger partial charge on any atom is -0.464 e. The van der Waals surface area contributed by atoms with Crippen LogP contribution in [-0.4, -0.2) is 36.3 Å². The fourth-order valence-electron chi connectivity index (χ4n) is 3.95. The minimum absolute atomic E-state index is 0.152. The van der Waals surface area contributed by atoms with E-state index in [0.29, 0.717) is 18.4 Å². The lowest BCUT2D eigenvalue weighted by molar-refractivity contribution is -0.148. The predicted molar refractivity (Wildman–Crippen MR) is 122 cm³/mol. The molecule has 7 heteroatoms. The van der Waals surface area contributed by atoms with E-state index in [1.807, 2.05) is 54.6 Å². The molecule has 3 aromatic rings. The summed E-state index contributed by atoms with van der Waals surface area (Å²) in [7, 11) is -3.72. The Bertz CT molecular complexity index is 1150. The van der Waals surface area contributed by atoms with Crippen molar-refractivity contribution in [3.05, 3.63) is 101 Å². The second-order valence-electron chi connectivity index (χ2n) is 7.91. The zero-order valence-corrected chi connectivity index (χ0v) is 18.6. The number of esters is 1. The van der Waals surface area contributed by atoms with E-state index in [0.717, 1.165) is 23.1 Å². The van der Waals surface area contributed by atoms with Crippen LogP contribution in [0.2, 0.25) is 0 Å². The van der Waals surface area contributed by atoms with Crippen LogP contribution in [-0.2, 0) is 44.7 Å². The van der Waals surface area contributed by atoms with E-state index in [4.69, 9.17) is 4.74 Å². The highest BCUT2D eigenvalue weighted by molar-refractivity contribution is 7.88. The summed E-state index contributed by atoms with van der Waals surface area (Å²) >= 11 is 0. The Morgan fingerprint density at radius 3 is 2.44 bits per heavy atom. The lowest BCUT2D eigenvalue weighted by Gasteiger charge is -2.34. The summed E-state index contributed by atoms with van der Waals surface area (Å²) in [6.45, 7) is 0.402. The van der Waals surface area contributed by atoms with Gasteiger partial charge in [0, 0.05) is 25.4 Å². The van der Waals surface area contributed by atoms with Gasteiger partial charge in [-0.1, -0.05) is 60.7 Å². The summed E-state index contributed by atoms with van der Waals surface area (Å²) in [6, 6.07) is 19.7. The molecule has 1 aromatic heterocycles. The molecule has 0 aliphatic carbocycles. The number of sulfonamides is 1. The van der Waals surface area contributed by atoms with Crippen molar-refractivity contribution in [1.29, 1.82) is 0 Å². The van der Waals surface area contributed by atoms with E-state index < -0.39 is 22.0 Å². The van der Waals surface area contributed by atoms with E-state index in [9.17, 15) is 13.2 Å². The molecular formula is C25H26N2O4S. The normalized spacial score (nSPS) is 16.3. The van der Waals surface area contributed by atoms with E-state index in [1.165, 1.54) is 4.31 Å². The first-order valence-electron chi connectivity index (χ1n) is 10.7. The van der Waals surface area contributed by atoms with Crippen LogP contribution in [0.1, 0.15) is 28.7 Å². The third-order valence-corrected chi connectivity index (χ3v) is 7.40. The monoisotopic (exact) mass is 450 g/mol. The molecule has 0 bridgehead atoms. The Balaban J connectivity index is 1.47. The number of aryl methyl sites for hydroxylation is 1. The van der Waals surface area contributed by atoms with Crippen LogP contribution in [0.4, 0.5) is 0 Å². The van der Waals surface area contributed by atoms with Gasteiger partial charge in [0.2, 0.25) is 10.0 Å². The van der Waals surface area contributed by atoms with Gasteiger partial charge in [-0.25, -0.2) is 8.42 Å². The smallest absolute Gasteiger partial charge is 0.324 e. The SMILES string of the molecule is O=C(OCCCc1cccnc1)C1Cc2ccccc2CN1S(=O)(=O)Cc1ccccc1. The lowest BCUT2D eigenvalue weighted by atomic mass is 9.96. The van der Waals surface area contributed by atoms with E-state index in [1.54, 1.807) is 24.5 Å². The summed E-state index contributed by atoms with van der Waals surface area (Å²) in [5.41, 5.74) is 3.66. The highest BCUT2D eigenvalue weighted by Crippen LogP contribution is 2.28. The molecule has 166 valence electrons. The van der Waals surface area contributed by atoms with Gasteiger partial charge in [-0.15, -0.1) is 0 Å². The Morgan fingerprint density at radius 2 is 1.69 bits per heavy atom. The van der Waals surface area contributed by atoms with Crippen LogP contribution >= 0.6 is 0 Å². The van der Waals surface area contributed by atoms with Crippen molar-refractivity contribution < 1.29 is 17.9 Å². The number of benzene rings is 2. The number of carbonyl (C=O) groups is 1. The van der Waals surface area contributed by atoms with Gasteiger partial charge >= 0.3 is 5.97 Å². The average molecular weight is 451 g/mol.